The van der Waals surface area contributed by atoms with Crippen molar-refractivity contribution in [2.75, 3.05) is 0 Å². The summed E-state index contributed by atoms with van der Waals surface area (Å²) in [6.45, 7) is 0. The summed E-state index contributed by atoms with van der Waals surface area (Å²) >= 11 is 0. The minimum absolute atomic E-state index is 4.74. The Morgan fingerprint density at radius 1 is 0.769 bits per heavy atom. The summed E-state index contributed by atoms with van der Waals surface area (Å²) in [5.41, 5.74) is 0. The first-order chi connectivity index (χ1) is 5.40. The Balaban J connectivity index is 4.86. The minimum atomic E-state index is -6.43. The van der Waals surface area contributed by atoms with Crippen LogP contribution in [0, 0.1) is 0 Å². The number of aliphatic hydroxyl groups is 1. The molecular formula is C4H2F8O. The van der Waals surface area contributed by atoms with Crippen molar-refractivity contribution in [1.82, 2.24) is 0 Å². The molecule has 0 saturated carbocycles. The van der Waals surface area contributed by atoms with Crippen molar-refractivity contribution in [2.45, 2.75) is 24.4 Å². The highest BCUT2D eigenvalue weighted by Crippen LogP contribution is 2.43. The molecule has 0 spiro atoms. The normalized spacial score (nSPS) is 17.3. The van der Waals surface area contributed by atoms with Crippen molar-refractivity contribution in [3.05, 3.63) is 0 Å². The van der Waals surface area contributed by atoms with Crippen LogP contribution < -0.4 is 0 Å². The molecule has 80 valence electrons. The molecule has 0 aromatic carbocycles. The van der Waals surface area contributed by atoms with Gasteiger partial charge in [-0.3, -0.25) is 0 Å². The lowest BCUT2D eigenvalue weighted by molar-refractivity contribution is -0.359. The highest BCUT2D eigenvalue weighted by molar-refractivity contribution is 4.88. The van der Waals surface area contributed by atoms with Gasteiger partial charge in [0.2, 0.25) is 6.10 Å². The summed E-state index contributed by atoms with van der Waals surface area (Å²) in [6, 6.07) is 0. The number of rotatable bonds is 1. The average molecular weight is 218 g/mol. The van der Waals surface area contributed by atoms with Gasteiger partial charge in [0.15, 0.2) is 0 Å². The third-order valence-electron chi connectivity index (χ3n) is 1.03. The number of halogens is 8. The summed E-state index contributed by atoms with van der Waals surface area (Å²) < 4.78 is 90.8. The topological polar surface area (TPSA) is 20.2 Å². The molecule has 0 amide bonds. The Labute approximate surface area is 66.0 Å². The summed E-state index contributed by atoms with van der Waals surface area (Å²) in [5.74, 6) is -6.19. The predicted molar refractivity (Wildman–Crippen MR) is 23.1 cm³/mol. The van der Waals surface area contributed by atoms with E-state index in [9.17, 15) is 35.1 Å². The number of hydrogen-bond donors (Lipinski definition) is 1. The third kappa shape index (κ3) is 2.42. The maximum absolute atomic E-state index is 11.7. The maximum Gasteiger partial charge on any atom is 0.456 e. The van der Waals surface area contributed by atoms with Gasteiger partial charge >= 0.3 is 18.3 Å². The Morgan fingerprint density at radius 2 is 1.08 bits per heavy atom. The van der Waals surface area contributed by atoms with E-state index in [-0.39, 0.29) is 0 Å². The number of aliphatic hydroxyl groups excluding tert-OH is 1. The van der Waals surface area contributed by atoms with Crippen molar-refractivity contribution >= 4 is 0 Å². The molecule has 0 rings (SSSR count). The molecule has 0 fully saturated rings. The fourth-order valence-corrected chi connectivity index (χ4v) is 0.361. The molecule has 1 N–H and O–H groups in total. The maximum atomic E-state index is 11.7. The van der Waals surface area contributed by atoms with Gasteiger partial charge in [-0.05, 0) is 0 Å². The van der Waals surface area contributed by atoms with E-state index in [1.165, 1.54) is 0 Å². The van der Waals surface area contributed by atoms with Gasteiger partial charge in [0, 0.05) is 0 Å². The van der Waals surface area contributed by atoms with E-state index in [0.29, 0.717) is 0 Å². The van der Waals surface area contributed by atoms with Gasteiger partial charge in [-0.2, -0.15) is 35.1 Å². The standard InChI is InChI=1S/C4H2F8O/c5-2(6,4(10,11)12)1(13)3(7,8)9/h1,13H/t1-/m1/s1. The molecular weight excluding hydrogens is 216 g/mol. The van der Waals surface area contributed by atoms with Crippen LogP contribution in [0.2, 0.25) is 0 Å². The quantitative estimate of drug-likeness (QED) is 0.668. The van der Waals surface area contributed by atoms with Gasteiger partial charge in [0.25, 0.3) is 0 Å². The van der Waals surface area contributed by atoms with Crippen LogP contribution in [-0.4, -0.2) is 29.5 Å². The van der Waals surface area contributed by atoms with Crippen molar-refractivity contribution in [2.24, 2.45) is 0 Å². The van der Waals surface area contributed by atoms with Gasteiger partial charge < -0.3 is 5.11 Å². The Hall–Kier alpha value is -0.600. The molecule has 0 aromatic heterocycles. The average Bonchev–Trinajstić information content (AvgIpc) is 1.81. The molecule has 13 heavy (non-hydrogen) atoms. The molecule has 0 aliphatic heterocycles. The number of alkyl halides is 8. The fourth-order valence-electron chi connectivity index (χ4n) is 0.361. The Morgan fingerprint density at radius 3 is 1.15 bits per heavy atom. The Kier molecular flexibility index (Phi) is 2.83. The van der Waals surface area contributed by atoms with E-state index < -0.39 is 24.4 Å². The molecule has 0 aromatic rings. The molecule has 0 bridgehead atoms. The largest absolute Gasteiger partial charge is 0.456 e. The van der Waals surface area contributed by atoms with Crippen LogP contribution in [0.15, 0.2) is 0 Å². The molecule has 1 nitrogen and oxygen atoms in total. The Bertz CT molecular complexity index is 178. The zero-order valence-corrected chi connectivity index (χ0v) is 5.55. The summed E-state index contributed by atoms with van der Waals surface area (Å²) in [4.78, 5) is 0. The van der Waals surface area contributed by atoms with E-state index in [2.05, 4.69) is 0 Å². The van der Waals surface area contributed by atoms with Gasteiger partial charge in [-0.1, -0.05) is 0 Å². The molecule has 0 unspecified atom stereocenters. The van der Waals surface area contributed by atoms with E-state index >= 15 is 0 Å². The summed E-state index contributed by atoms with van der Waals surface area (Å²) in [7, 11) is 0. The second kappa shape index (κ2) is 2.96. The van der Waals surface area contributed by atoms with Crippen LogP contribution in [0.25, 0.3) is 0 Å². The molecule has 0 saturated heterocycles. The van der Waals surface area contributed by atoms with Gasteiger partial charge in [0.1, 0.15) is 0 Å². The second-order valence-corrected chi connectivity index (χ2v) is 2.06. The van der Waals surface area contributed by atoms with Crippen molar-refractivity contribution < 1.29 is 40.2 Å². The van der Waals surface area contributed by atoms with E-state index in [4.69, 9.17) is 5.11 Å². The summed E-state index contributed by atoms with van der Waals surface area (Å²) in [5, 5.41) is 7.65. The molecule has 0 heterocycles. The highest BCUT2D eigenvalue weighted by atomic mass is 19.4. The lowest BCUT2D eigenvalue weighted by atomic mass is 10.2. The van der Waals surface area contributed by atoms with E-state index in [1.807, 2.05) is 0 Å². The van der Waals surface area contributed by atoms with Crippen LogP contribution in [0.4, 0.5) is 35.1 Å². The van der Waals surface area contributed by atoms with Crippen LogP contribution in [-0.2, 0) is 0 Å². The smallest absolute Gasteiger partial charge is 0.379 e. The van der Waals surface area contributed by atoms with Gasteiger partial charge in [0.05, 0.1) is 0 Å². The first kappa shape index (κ1) is 12.4. The molecule has 1 atom stereocenters. The SMILES string of the molecule is O[C@@H](C(F)(F)F)C(F)(F)C(F)(F)F. The van der Waals surface area contributed by atoms with E-state index in [0.717, 1.165) is 0 Å². The zero-order valence-electron chi connectivity index (χ0n) is 5.55. The molecule has 0 aliphatic rings. The van der Waals surface area contributed by atoms with E-state index in [1.54, 1.807) is 0 Å². The molecule has 9 heteroatoms. The molecule has 0 aliphatic carbocycles. The third-order valence-corrected chi connectivity index (χ3v) is 1.03. The minimum Gasteiger partial charge on any atom is -0.379 e. The van der Waals surface area contributed by atoms with Crippen LogP contribution in [0.3, 0.4) is 0 Å². The summed E-state index contributed by atoms with van der Waals surface area (Å²) in [6.07, 6.45) is -17.2. The van der Waals surface area contributed by atoms with Crippen LogP contribution in [0.5, 0.6) is 0 Å². The van der Waals surface area contributed by atoms with Crippen LogP contribution >= 0.6 is 0 Å². The lowest BCUT2D eigenvalue weighted by Gasteiger charge is -2.25. The fraction of sp³-hybridized carbons (Fsp3) is 1.00. The van der Waals surface area contributed by atoms with Crippen molar-refractivity contribution in [1.29, 1.82) is 0 Å². The van der Waals surface area contributed by atoms with Crippen molar-refractivity contribution in [3.8, 4) is 0 Å². The monoisotopic (exact) mass is 218 g/mol. The first-order valence-corrected chi connectivity index (χ1v) is 2.60. The van der Waals surface area contributed by atoms with Gasteiger partial charge in [-0.25, -0.2) is 0 Å². The molecule has 0 radical (unpaired) electrons. The highest BCUT2D eigenvalue weighted by Gasteiger charge is 2.69. The lowest BCUT2D eigenvalue weighted by Crippen LogP contribution is -2.53. The predicted octanol–water partition coefficient (Wildman–Crippen LogP) is 2.11. The zero-order chi connectivity index (χ0) is 11.1. The first-order valence-electron chi connectivity index (χ1n) is 2.60. The van der Waals surface area contributed by atoms with Crippen molar-refractivity contribution in [3.63, 3.8) is 0 Å². The van der Waals surface area contributed by atoms with Gasteiger partial charge in [-0.15, -0.1) is 0 Å². The van der Waals surface area contributed by atoms with Crippen LogP contribution in [0.1, 0.15) is 0 Å². The second-order valence-electron chi connectivity index (χ2n) is 2.06. The number of hydrogen-bond acceptors (Lipinski definition) is 1.